The number of rotatable bonds is 4. The molecule has 1 amide bonds. The predicted octanol–water partition coefficient (Wildman–Crippen LogP) is 3.52. The summed E-state index contributed by atoms with van der Waals surface area (Å²) < 4.78 is 5.21. The molecule has 0 saturated carbocycles. The van der Waals surface area contributed by atoms with Gasteiger partial charge in [-0.2, -0.15) is 0 Å². The van der Waals surface area contributed by atoms with Crippen LogP contribution in [0.5, 0.6) is 0 Å². The summed E-state index contributed by atoms with van der Waals surface area (Å²) in [5.74, 6) is -0.776. The lowest BCUT2D eigenvalue weighted by Crippen LogP contribution is -2.34. The Kier molecular flexibility index (Phi) is 4.44. The number of H-pyrrole nitrogens is 1. The number of carbonyl (C=O) groups is 2. The number of hydrogen-bond acceptors (Lipinski definition) is 3. The van der Waals surface area contributed by atoms with Crippen LogP contribution >= 0.6 is 0 Å². The van der Waals surface area contributed by atoms with Gasteiger partial charge in [-0.15, -0.1) is 0 Å². The lowest BCUT2D eigenvalue weighted by Gasteiger charge is -2.26. The normalized spacial score (nSPS) is 16.1. The lowest BCUT2D eigenvalue weighted by molar-refractivity contribution is -0.125. The van der Waals surface area contributed by atoms with Crippen molar-refractivity contribution < 1.29 is 14.3 Å². The first-order chi connectivity index (χ1) is 12.7. The molecule has 0 saturated heterocycles. The molecule has 132 valence electrons. The van der Waals surface area contributed by atoms with E-state index in [9.17, 15) is 9.59 Å². The zero-order chi connectivity index (χ0) is 17.9. The van der Waals surface area contributed by atoms with Crippen LogP contribution < -0.4 is 5.32 Å². The highest BCUT2D eigenvalue weighted by molar-refractivity contribution is 6.04. The van der Waals surface area contributed by atoms with Gasteiger partial charge in [-0.25, -0.2) is 4.79 Å². The number of aromatic nitrogens is 1. The molecule has 1 aliphatic carbocycles. The third kappa shape index (κ3) is 3.20. The molecule has 0 bridgehead atoms. The topological polar surface area (TPSA) is 71.2 Å². The molecule has 5 nitrogen and oxygen atoms in total. The van der Waals surface area contributed by atoms with Crippen molar-refractivity contribution in [3.05, 3.63) is 71.4 Å². The second kappa shape index (κ2) is 7.04. The first kappa shape index (κ1) is 16.4. The molecule has 1 heterocycles. The van der Waals surface area contributed by atoms with E-state index in [2.05, 4.69) is 22.4 Å². The molecule has 0 radical (unpaired) electrons. The maximum Gasteiger partial charge on any atom is 0.340 e. The van der Waals surface area contributed by atoms with Gasteiger partial charge in [0.2, 0.25) is 0 Å². The quantitative estimate of drug-likeness (QED) is 0.709. The van der Waals surface area contributed by atoms with E-state index in [0.29, 0.717) is 5.56 Å². The summed E-state index contributed by atoms with van der Waals surface area (Å²) in [5, 5.41) is 3.78. The van der Waals surface area contributed by atoms with E-state index in [0.717, 1.165) is 35.7 Å². The van der Waals surface area contributed by atoms with Gasteiger partial charge in [-0.05, 0) is 36.5 Å². The van der Waals surface area contributed by atoms with Crippen molar-refractivity contribution in [3.8, 4) is 0 Å². The Bertz CT molecular complexity index is 961. The van der Waals surface area contributed by atoms with Crippen LogP contribution in [0.4, 0.5) is 0 Å². The second-order valence-electron chi connectivity index (χ2n) is 6.54. The highest BCUT2D eigenvalue weighted by Crippen LogP contribution is 2.29. The van der Waals surface area contributed by atoms with Crippen molar-refractivity contribution in [3.63, 3.8) is 0 Å². The fourth-order valence-electron chi connectivity index (χ4n) is 3.59. The minimum Gasteiger partial charge on any atom is -0.452 e. The summed E-state index contributed by atoms with van der Waals surface area (Å²) in [6, 6.07) is 15.6. The van der Waals surface area contributed by atoms with E-state index in [1.807, 2.05) is 36.4 Å². The number of carbonyl (C=O) groups excluding carboxylic acids is 2. The number of para-hydroxylation sites is 1. The number of nitrogens with one attached hydrogen (secondary N) is 2. The third-order valence-corrected chi connectivity index (χ3v) is 4.85. The van der Waals surface area contributed by atoms with Crippen LogP contribution in [0.15, 0.2) is 54.7 Å². The molecule has 0 fully saturated rings. The Morgan fingerprint density at radius 1 is 1.12 bits per heavy atom. The molecule has 26 heavy (non-hydrogen) atoms. The standard InChI is InChI=1S/C21H20N2O3/c24-20(23-19-11-5-7-14-6-1-2-8-15(14)19)13-26-21(25)17-12-22-18-10-4-3-9-16(17)18/h1-4,6,8-10,12,19,22H,5,7,11,13H2,(H,23,24). The summed E-state index contributed by atoms with van der Waals surface area (Å²) in [6.45, 7) is -0.281. The molecule has 2 aromatic carbocycles. The fraction of sp³-hybridized carbons (Fsp3) is 0.238. The Morgan fingerprint density at radius 2 is 1.92 bits per heavy atom. The fourth-order valence-corrected chi connectivity index (χ4v) is 3.59. The van der Waals surface area contributed by atoms with Gasteiger partial charge in [-0.1, -0.05) is 42.5 Å². The number of aryl methyl sites for hydroxylation is 1. The number of amides is 1. The van der Waals surface area contributed by atoms with Gasteiger partial charge in [0.25, 0.3) is 5.91 Å². The number of hydrogen-bond donors (Lipinski definition) is 2. The number of aromatic amines is 1. The van der Waals surface area contributed by atoms with E-state index < -0.39 is 5.97 Å². The summed E-state index contributed by atoms with van der Waals surface area (Å²) in [4.78, 5) is 27.6. The molecular weight excluding hydrogens is 328 g/mol. The highest BCUT2D eigenvalue weighted by atomic mass is 16.5. The van der Waals surface area contributed by atoms with Gasteiger partial charge < -0.3 is 15.0 Å². The number of benzene rings is 2. The molecular formula is C21H20N2O3. The zero-order valence-electron chi connectivity index (χ0n) is 14.3. The van der Waals surface area contributed by atoms with Gasteiger partial charge in [0.05, 0.1) is 11.6 Å². The van der Waals surface area contributed by atoms with Crippen LogP contribution in [0.1, 0.15) is 40.4 Å². The molecule has 1 aliphatic rings. The minimum absolute atomic E-state index is 0.0146. The Balaban J connectivity index is 1.38. The monoisotopic (exact) mass is 348 g/mol. The molecule has 4 rings (SSSR count). The molecule has 5 heteroatoms. The van der Waals surface area contributed by atoms with Crippen molar-refractivity contribution in [1.29, 1.82) is 0 Å². The summed E-state index contributed by atoms with van der Waals surface area (Å²) in [6.07, 6.45) is 4.59. The zero-order valence-corrected chi connectivity index (χ0v) is 14.3. The van der Waals surface area contributed by atoms with Crippen LogP contribution in [-0.4, -0.2) is 23.5 Å². The SMILES string of the molecule is O=C(COC(=O)c1c[nH]c2ccccc12)NC1CCCc2ccccc21. The Morgan fingerprint density at radius 3 is 2.85 bits per heavy atom. The molecule has 1 atom stereocenters. The molecule has 0 spiro atoms. The predicted molar refractivity (Wildman–Crippen MR) is 98.8 cm³/mol. The van der Waals surface area contributed by atoms with Crippen molar-refractivity contribution in [2.24, 2.45) is 0 Å². The summed E-state index contributed by atoms with van der Waals surface area (Å²) in [7, 11) is 0. The highest BCUT2D eigenvalue weighted by Gasteiger charge is 2.22. The summed E-state index contributed by atoms with van der Waals surface area (Å²) >= 11 is 0. The Hall–Kier alpha value is -3.08. The average Bonchev–Trinajstić information content (AvgIpc) is 3.11. The third-order valence-electron chi connectivity index (χ3n) is 4.85. The lowest BCUT2D eigenvalue weighted by atomic mass is 9.88. The molecule has 1 unspecified atom stereocenters. The number of fused-ring (bicyclic) bond motifs is 2. The maximum atomic E-state index is 12.3. The molecule has 2 N–H and O–H groups in total. The van der Waals surface area contributed by atoms with Crippen LogP contribution in [0.2, 0.25) is 0 Å². The number of esters is 1. The first-order valence-electron chi connectivity index (χ1n) is 8.83. The average molecular weight is 348 g/mol. The van der Waals surface area contributed by atoms with E-state index in [4.69, 9.17) is 4.74 Å². The van der Waals surface area contributed by atoms with Crippen LogP contribution in [0.3, 0.4) is 0 Å². The van der Waals surface area contributed by atoms with Gasteiger partial charge >= 0.3 is 5.97 Å². The van der Waals surface area contributed by atoms with Crippen LogP contribution in [0.25, 0.3) is 10.9 Å². The van der Waals surface area contributed by atoms with Gasteiger partial charge in [0, 0.05) is 17.1 Å². The van der Waals surface area contributed by atoms with Crippen LogP contribution in [-0.2, 0) is 16.0 Å². The van der Waals surface area contributed by atoms with Crippen molar-refractivity contribution in [2.45, 2.75) is 25.3 Å². The van der Waals surface area contributed by atoms with Crippen molar-refractivity contribution in [1.82, 2.24) is 10.3 Å². The van der Waals surface area contributed by atoms with E-state index in [-0.39, 0.29) is 18.6 Å². The van der Waals surface area contributed by atoms with Crippen LogP contribution in [0, 0.1) is 0 Å². The van der Waals surface area contributed by atoms with Gasteiger partial charge in [-0.3, -0.25) is 4.79 Å². The van der Waals surface area contributed by atoms with E-state index >= 15 is 0 Å². The van der Waals surface area contributed by atoms with E-state index in [1.54, 1.807) is 6.20 Å². The molecule has 3 aromatic rings. The first-order valence-corrected chi connectivity index (χ1v) is 8.83. The smallest absolute Gasteiger partial charge is 0.340 e. The largest absolute Gasteiger partial charge is 0.452 e. The number of ether oxygens (including phenoxy) is 1. The van der Waals surface area contributed by atoms with Gasteiger partial charge in [0.15, 0.2) is 6.61 Å². The minimum atomic E-state index is -0.498. The van der Waals surface area contributed by atoms with Gasteiger partial charge in [0.1, 0.15) is 0 Å². The van der Waals surface area contributed by atoms with Crippen molar-refractivity contribution >= 4 is 22.8 Å². The van der Waals surface area contributed by atoms with Crippen molar-refractivity contribution in [2.75, 3.05) is 6.61 Å². The summed E-state index contributed by atoms with van der Waals surface area (Å²) in [5.41, 5.74) is 3.74. The maximum absolute atomic E-state index is 12.3. The Labute approximate surface area is 151 Å². The second-order valence-corrected chi connectivity index (χ2v) is 6.54. The molecule has 0 aliphatic heterocycles. The van der Waals surface area contributed by atoms with E-state index in [1.165, 1.54) is 5.56 Å². The molecule has 1 aromatic heterocycles.